The maximum atomic E-state index is 14.9. The van der Waals surface area contributed by atoms with Crippen molar-refractivity contribution < 1.29 is 46.5 Å². The number of hydrogen-bond acceptors (Lipinski definition) is 8. The summed E-state index contributed by atoms with van der Waals surface area (Å²) in [6.45, 7) is -0.210. The number of nitrogens with two attached hydrogens (primary N) is 1. The van der Waals surface area contributed by atoms with Gasteiger partial charge in [-0.15, -0.1) is 11.3 Å². The van der Waals surface area contributed by atoms with Crippen molar-refractivity contribution in [1.82, 2.24) is 10.3 Å². The summed E-state index contributed by atoms with van der Waals surface area (Å²) in [5, 5.41) is 15.5. The topological polar surface area (TPSA) is 133 Å². The minimum atomic E-state index is -5.35. The van der Waals surface area contributed by atoms with Crippen LogP contribution in [-0.2, 0) is 15.8 Å². The molecule has 0 saturated heterocycles. The zero-order chi connectivity index (χ0) is 33.3. The number of nitrogens with zero attached hydrogens (tertiary/aromatic N) is 1. The van der Waals surface area contributed by atoms with Crippen LogP contribution in [0.3, 0.4) is 0 Å². The van der Waals surface area contributed by atoms with Crippen molar-refractivity contribution in [3.05, 3.63) is 70.5 Å². The number of pyridine rings is 1. The number of halogens is 4. The second-order valence-corrected chi connectivity index (χ2v) is 13.2. The molecular formula is C33H29F4N3O6S. The number of thiophene rings is 1. The molecule has 7 rings (SSSR count). The minimum Gasteiger partial charge on any atom is -0.489 e. The first-order valence-electron chi connectivity index (χ1n) is 15.0. The molecule has 3 heterocycles. The Labute approximate surface area is 269 Å². The molecule has 0 unspecified atom stereocenters. The predicted molar refractivity (Wildman–Crippen MR) is 163 cm³/mol. The van der Waals surface area contributed by atoms with E-state index in [9.17, 15) is 32.3 Å². The number of ether oxygens (including phenoxy) is 3. The molecule has 2 atom stereocenters. The van der Waals surface area contributed by atoms with Gasteiger partial charge in [0.05, 0.1) is 29.1 Å². The number of alkyl halides is 3. The lowest BCUT2D eigenvalue weighted by atomic mass is 9.81. The van der Waals surface area contributed by atoms with Gasteiger partial charge in [-0.3, -0.25) is 9.59 Å². The summed E-state index contributed by atoms with van der Waals surface area (Å²) in [6, 6.07) is 9.54. The van der Waals surface area contributed by atoms with E-state index >= 15 is 0 Å². The highest BCUT2D eigenvalue weighted by Crippen LogP contribution is 2.49. The molecule has 2 aliphatic carbocycles. The molecule has 0 spiro atoms. The number of primary amides is 1. The third-order valence-corrected chi connectivity index (χ3v) is 9.67. The Kier molecular flexibility index (Phi) is 7.35. The van der Waals surface area contributed by atoms with Crippen LogP contribution in [0.2, 0.25) is 0 Å². The van der Waals surface area contributed by atoms with E-state index in [0.29, 0.717) is 16.9 Å². The average Bonchev–Trinajstić information content (AvgIpc) is 3.95. The van der Waals surface area contributed by atoms with Gasteiger partial charge in [0, 0.05) is 27.5 Å². The van der Waals surface area contributed by atoms with Crippen LogP contribution in [-0.4, -0.2) is 53.4 Å². The summed E-state index contributed by atoms with van der Waals surface area (Å²) >= 11 is 1.01. The first-order chi connectivity index (χ1) is 22.3. The number of amides is 2. The normalized spacial score (nSPS) is 20.3. The van der Waals surface area contributed by atoms with Crippen LogP contribution in [0.25, 0.3) is 21.3 Å². The molecule has 1 aliphatic heterocycles. The lowest BCUT2D eigenvalue weighted by Crippen LogP contribution is -2.51. The van der Waals surface area contributed by atoms with E-state index in [1.807, 2.05) is 0 Å². The van der Waals surface area contributed by atoms with Crippen LogP contribution in [0.15, 0.2) is 47.8 Å². The number of rotatable bonds is 10. The van der Waals surface area contributed by atoms with Crippen LogP contribution >= 0.6 is 11.3 Å². The number of carbonyl (C=O) groups is 2. The van der Waals surface area contributed by atoms with Crippen molar-refractivity contribution in [3.8, 4) is 28.5 Å². The molecular weight excluding hydrogens is 642 g/mol. The maximum Gasteiger partial charge on any atom is 0.424 e. The number of aliphatic hydroxyl groups is 1. The van der Waals surface area contributed by atoms with E-state index in [1.54, 1.807) is 6.07 Å². The second-order valence-electron chi connectivity index (χ2n) is 12.3. The lowest BCUT2D eigenvalue weighted by Gasteiger charge is -2.31. The van der Waals surface area contributed by atoms with Crippen LogP contribution in [0.4, 0.5) is 17.6 Å². The van der Waals surface area contributed by atoms with Crippen molar-refractivity contribution in [2.45, 2.75) is 62.0 Å². The summed E-state index contributed by atoms with van der Waals surface area (Å²) in [5.41, 5.74) is -0.461. The van der Waals surface area contributed by atoms with E-state index in [2.05, 4.69) is 10.3 Å². The van der Waals surface area contributed by atoms with Gasteiger partial charge in [0.25, 0.3) is 5.91 Å². The van der Waals surface area contributed by atoms with Gasteiger partial charge >= 0.3 is 6.18 Å². The Bertz CT molecular complexity index is 1920. The monoisotopic (exact) mass is 671 g/mol. The van der Waals surface area contributed by atoms with Crippen molar-refractivity contribution in [2.24, 2.45) is 5.73 Å². The zero-order valence-corrected chi connectivity index (χ0v) is 25.8. The van der Waals surface area contributed by atoms with Crippen molar-refractivity contribution >= 4 is 33.2 Å². The summed E-state index contributed by atoms with van der Waals surface area (Å²) in [6.07, 6.45) is -1.87. The largest absolute Gasteiger partial charge is 0.489 e. The first-order valence-corrected chi connectivity index (χ1v) is 15.9. The van der Waals surface area contributed by atoms with Crippen molar-refractivity contribution in [3.63, 3.8) is 0 Å². The first kappa shape index (κ1) is 31.2. The van der Waals surface area contributed by atoms with Gasteiger partial charge in [-0.2, -0.15) is 13.2 Å². The van der Waals surface area contributed by atoms with E-state index < -0.39 is 47.1 Å². The van der Waals surface area contributed by atoms with E-state index in [-0.39, 0.29) is 51.6 Å². The standard InChI is InChI=1S/C33H29F4N3O6S/c1-31(30(38)42)15-44-27-21(31)12-25(40-26(27)20-13-47-28-19(20)3-2-4-22(28)34)32(43,33(35,36)37)14-39-29(41)16-5-10-23(45-17-6-7-17)24(11-16)46-18-8-9-18/h2-5,10-13,17-18,43H,6-9,14-15H2,1H3,(H2,38,42)(H,39,41)/t31-,32-/m0/s1. The highest BCUT2D eigenvalue weighted by atomic mass is 32.1. The van der Waals surface area contributed by atoms with Gasteiger partial charge in [0.1, 0.15) is 29.3 Å². The van der Waals surface area contributed by atoms with Crippen LogP contribution < -0.4 is 25.3 Å². The van der Waals surface area contributed by atoms with Gasteiger partial charge < -0.3 is 30.4 Å². The van der Waals surface area contributed by atoms with Gasteiger partial charge in [-0.05, 0) is 62.9 Å². The molecule has 0 radical (unpaired) electrons. The maximum absolute atomic E-state index is 14.9. The van der Waals surface area contributed by atoms with Gasteiger partial charge in [0.15, 0.2) is 11.5 Å². The van der Waals surface area contributed by atoms with E-state index in [1.165, 1.54) is 42.6 Å². The molecule has 14 heteroatoms. The summed E-state index contributed by atoms with van der Waals surface area (Å²) < 4.78 is 77.0. The molecule has 4 N–H and O–H groups in total. The van der Waals surface area contributed by atoms with Crippen molar-refractivity contribution in [2.75, 3.05) is 13.2 Å². The fourth-order valence-electron chi connectivity index (χ4n) is 5.40. The third-order valence-electron chi connectivity index (χ3n) is 8.66. The SMILES string of the molecule is C[C@]1(C(N)=O)COc2c1cc([C@@](O)(CNC(=O)c1ccc(OC3CC3)c(OC3CC3)c1)C(F)(F)F)nc2-c1csc2c(F)cccc12. The number of benzene rings is 2. The highest BCUT2D eigenvalue weighted by molar-refractivity contribution is 7.17. The molecule has 246 valence electrons. The van der Waals surface area contributed by atoms with Crippen molar-refractivity contribution in [1.29, 1.82) is 0 Å². The van der Waals surface area contributed by atoms with Gasteiger partial charge in [0.2, 0.25) is 11.5 Å². The minimum absolute atomic E-state index is 0.00241. The third kappa shape index (κ3) is 5.52. The highest BCUT2D eigenvalue weighted by Gasteiger charge is 2.58. The number of hydrogen-bond donors (Lipinski definition) is 3. The fourth-order valence-corrected chi connectivity index (χ4v) is 6.36. The Morgan fingerprint density at radius 1 is 1.11 bits per heavy atom. The molecule has 47 heavy (non-hydrogen) atoms. The lowest BCUT2D eigenvalue weighted by molar-refractivity contribution is -0.265. The molecule has 3 aliphatic rings. The molecule has 4 aromatic rings. The molecule has 2 aromatic carbocycles. The van der Waals surface area contributed by atoms with Gasteiger partial charge in [-0.1, -0.05) is 12.1 Å². The van der Waals surface area contributed by atoms with Gasteiger partial charge in [-0.25, -0.2) is 9.37 Å². The molecule has 0 bridgehead atoms. The molecule has 2 aromatic heterocycles. The second kappa shape index (κ2) is 11.1. The summed E-state index contributed by atoms with van der Waals surface area (Å²) in [5.74, 6) is -1.57. The Morgan fingerprint density at radius 3 is 2.47 bits per heavy atom. The zero-order valence-electron chi connectivity index (χ0n) is 24.9. The van der Waals surface area contributed by atoms with Crippen LogP contribution in [0.5, 0.6) is 17.2 Å². The fraction of sp³-hybridized carbons (Fsp3) is 0.364. The molecule has 2 fully saturated rings. The molecule has 2 amide bonds. The van der Waals surface area contributed by atoms with Crippen LogP contribution in [0, 0.1) is 5.82 Å². The number of carbonyl (C=O) groups excluding carboxylic acids is 2. The number of fused-ring (bicyclic) bond motifs is 2. The quantitative estimate of drug-likeness (QED) is 0.190. The number of aromatic nitrogens is 1. The number of nitrogens with one attached hydrogen (secondary N) is 1. The van der Waals surface area contributed by atoms with E-state index in [4.69, 9.17) is 19.9 Å². The molecule has 2 saturated carbocycles. The summed E-state index contributed by atoms with van der Waals surface area (Å²) in [7, 11) is 0. The Hall–Kier alpha value is -4.43. The predicted octanol–water partition coefficient (Wildman–Crippen LogP) is 5.50. The van der Waals surface area contributed by atoms with Crippen LogP contribution in [0.1, 0.15) is 54.2 Å². The summed E-state index contributed by atoms with van der Waals surface area (Å²) in [4.78, 5) is 30.0. The Morgan fingerprint density at radius 2 is 1.81 bits per heavy atom. The molecule has 9 nitrogen and oxygen atoms in total. The smallest absolute Gasteiger partial charge is 0.424 e. The van der Waals surface area contributed by atoms with E-state index in [0.717, 1.165) is 43.1 Å². The Balaban J connectivity index is 1.27. The average molecular weight is 672 g/mol.